The molecule has 0 spiro atoms. The molecule has 0 aliphatic heterocycles. The number of amides is 1. The summed E-state index contributed by atoms with van der Waals surface area (Å²) < 4.78 is 0. The molecule has 0 radical (unpaired) electrons. The second kappa shape index (κ2) is 5.73. The van der Waals surface area contributed by atoms with Crippen LogP contribution in [0.1, 0.15) is 25.7 Å². The van der Waals surface area contributed by atoms with Gasteiger partial charge in [-0.3, -0.25) is 9.59 Å². The summed E-state index contributed by atoms with van der Waals surface area (Å²) in [5, 5.41) is 21.0. The van der Waals surface area contributed by atoms with Gasteiger partial charge in [0.1, 0.15) is 5.75 Å². The van der Waals surface area contributed by atoms with Gasteiger partial charge in [-0.05, 0) is 37.1 Å². The number of aromatic hydroxyl groups is 1. The van der Waals surface area contributed by atoms with Crippen LogP contribution in [0.15, 0.2) is 24.3 Å². The van der Waals surface area contributed by atoms with Crippen molar-refractivity contribution in [3.05, 3.63) is 24.3 Å². The highest BCUT2D eigenvalue weighted by molar-refractivity contribution is 5.95. The Morgan fingerprint density at radius 2 is 1.63 bits per heavy atom. The second-order valence-corrected chi connectivity index (χ2v) is 4.87. The highest BCUT2D eigenvalue weighted by Crippen LogP contribution is 2.31. The van der Waals surface area contributed by atoms with Crippen molar-refractivity contribution in [1.29, 1.82) is 0 Å². The second-order valence-electron chi connectivity index (χ2n) is 4.87. The van der Waals surface area contributed by atoms with E-state index in [1.165, 1.54) is 12.1 Å². The molecule has 0 bridgehead atoms. The van der Waals surface area contributed by atoms with Crippen LogP contribution in [-0.4, -0.2) is 22.1 Å². The average Bonchev–Trinajstić information content (AvgIpc) is 2.41. The fourth-order valence-electron chi connectivity index (χ4n) is 2.52. The zero-order valence-electron chi connectivity index (χ0n) is 10.5. The lowest BCUT2D eigenvalue weighted by molar-refractivity contribution is -0.147. The number of phenolic OH excluding ortho intramolecular Hbond substituents is 1. The molecule has 1 amide bonds. The third kappa shape index (κ3) is 3.24. The minimum absolute atomic E-state index is 0.124. The molecule has 0 unspecified atom stereocenters. The maximum atomic E-state index is 12.1. The number of carboxylic acid groups (broad SMARTS) is 1. The average molecular weight is 263 g/mol. The highest BCUT2D eigenvalue weighted by atomic mass is 16.4. The van der Waals surface area contributed by atoms with Crippen LogP contribution >= 0.6 is 0 Å². The first-order chi connectivity index (χ1) is 9.08. The molecule has 0 heterocycles. The molecule has 19 heavy (non-hydrogen) atoms. The van der Waals surface area contributed by atoms with Crippen LogP contribution in [0.4, 0.5) is 5.69 Å². The maximum absolute atomic E-state index is 12.1. The number of rotatable bonds is 3. The largest absolute Gasteiger partial charge is 0.508 e. The van der Waals surface area contributed by atoms with E-state index < -0.39 is 17.8 Å². The molecule has 1 saturated carbocycles. The van der Waals surface area contributed by atoms with Gasteiger partial charge in [-0.25, -0.2) is 0 Å². The monoisotopic (exact) mass is 263 g/mol. The molecular formula is C14H17NO4. The Morgan fingerprint density at radius 3 is 2.21 bits per heavy atom. The molecule has 2 rings (SSSR count). The number of carbonyl (C=O) groups is 2. The summed E-state index contributed by atoms with van der Waals surface area (Å²) in [4.78, 5) is 23.3. The van der Waals surface area contributed by atoms with Crippen molar-refractivity contribution in [2.45, 2.75) is 25.7 Å². The first-order valence-electron chi connectivity index (χ1n) is 6.40. The lowest BCUT2D eigenvalue weighted by atomic mass is 9.78. The summed E-state index contributed by atoms with van der Waals surface area (Å²) in [6.07, 6.45) is 2.92. The molecule has 1 aromatic rings. The summed E-state index contributed by atoms with van der Waals surface area (Å²) >= 11 is 0. The third-order valence-corrected chi connectivity index (χ3v) is 3.55. The van der Waals surface area contributed by atoms with Crippen molar-refractivity contribution in [3.63, 3.8) is 0 Å². The van der Waals surface area contributed by atoms with E-state index in [0.717, 1.165) is 12.8 Å². The van der Waals surface area contributed by atoms with Crippen LogP contribution < -0.4 is 5.32 Å². The number of aliphatic carboxylic acids is 1. The van der Waals surface area contributed by atoms with Crippen LogP contribution in [0.25, 0.3) is 0 Å². The van der Waals surface area contributed by atoms with Crippen molar-refractivity contribution < 1.29 is 19.8 Å². The number of phenols is 1. The molecule has 102 valence electrons. The Balaban J connectivity index is 2.05. The Hall–Kier alpha value is -2.04. The first-order valence-corrected chi connectivity index (χ1v) is 6.40. The zero-order valence-corrected chi connectivity index (χ0v) is 10.5. The van der Waals surface area contributed by atoms with Crippen molar-refractivity contribution in [2.75, 3.05) is 5.32 Å². The number of anilines is 1. The Labute approximate surface area is 111 Å². The van der Waals surface area contributed by atoms with Gasteiger partial charge in [-0.2, -0.15) is 0 Å². The molecule has 2 atom stereocenters. The SMILES string of the molecule is O=C(O)[C@H]1CCCC[C@@H]1C(=O)Nc1ccc(O)cc1. The first kappa shape index (κ1) is 13.4. The molecule has 1 aliphatic rings. The molecule has 1 aliphatic carbocycles. The van der Waals surface area contributed by atoms with Gasteiger partial charge in [0.15, 0.2) is 0 Å². The summed E-state index contributed by atoms with van der Waals surface area (Å²) in [5.41, 5.74) is 0.567. The van der Waals surface area contributed by atoms with Gasteiger partial charge >= 0.3 is 5.97 Å². The summed E-state index contributed by atoms with van der Waals surface area (Å²) in [6, 6.07) is 6.13. The maximum Gasteiger partial charge on any atom is 0.307 e. The van der Waals surface area contributed by atoms with Gasteiger partial charge in [-0.1, -0.05) is 12.8 Å². The lowest BCUT2D eigenvalue weighted by Gasteiger charge is -2.27. The van der Waals surface area contributed by atoms with Gasteiger partial charge in [0, 0.05) is 5.69 Å². The normalized spacial score (nSPS) is 22.7. The molecule has 5 heteroatoms. The number of hydrogen-bond donors (Lipinski definition) is 3. The predicted molar refractivity (Wildman–Crippen MR) is 69.8 cm³/mol. The van der Waals surface area contributed by atoms with Crippen molar-refractivity contribution in [3.8, 4) is 5.75 Å². The summed E-state index contributed by atoms with van der Waals surface area (Å²) in [7, 11) is 0. The standard InChI is InChI=1S/C14H17NO4/c16-10-7-5-9(6-8-10)15-13(17)11-3-1-2-4-12(11)14(18)19/h5-8,11-12,16H,1-4H2,(H,15,17)(H,18,19)/t11-,12-/m0/s1. The van der Waals surface area contributed by atoms with Crippen molar-refractivity contribution in [1.82, 2.24) is 0 Å². The predicted octanol–water partition coefficient (Wildman–Crippen LogP) is 2.22. The van der Waals surface area contributed by atoms with Crippen molar-refractivity contribution >= 4 is 17.6 Å². The van der Waals surface area contributed by atoms with E-state index in [-0.39, 0.29) is 11.7 Å². The fourth-order valence-corrected chi connectivity index (χ4v) is 2.52. The zero-order chi connectivity index (χ0) is 13.8. The topological polar surface area (TPSA) is 86.6 Å². The quantitative estimate of drug-likeness (QED) is 0.730. The van der Waals surface area contributed by atoms with E-state index in [2.05, 4.69) is 5.32 Å². The molecule has 5 nitrogen and oxygen atoms in total. The van der Waals surface area contributed by atoms with E-state index in [1.807, 2.05) is 0 Å². The van der Waals surface area contributed by atoms with E-state index in [9.17, 15) is 9.59 Å². The number of hydrogen-bond acceptors (Lipinski definition) is 3. The summed E-state index contributed by atoms with van der Waals surface area (Å²) in [5.74, 6) is -2.09. The molecule has 1 aromatic carbocycles. The smallest absolute Gasteiger partial charge is 0.307 e. The van der Waals surface area contributed by atoms with Crippen LogP contribution in [0, 0.1) is 11.8 Å². The number of nitrogens with one attached hydrogen (secondary N) is 1. The molecule has 3 N–H and O–H groups in total. The van der Waals surface area contributed by atoms with Gasteiger partial charge in [0.2, 0.25) is 5.91 Å². The molecule has 0 saturated heterocycles. The number of carbonyl (C=O) groups excluding carboxylic acids is 1. The van der Waals surface area contributed by atoms with Crippen LogP contribution in [0.3, 0.4) is 0 Å². The molecule has 1 fully saturated rings. The van der Waals surface area contributed by atoms with Gasteiger partial charge < -0.3 is 15.5 Å². The van der Waals surface area contributed by atoms with E-state index in [4.69, 9.17) is 10.2 Å². The number of carboxylic acids is 1. The lowest BCUT2D eigenvalue weighted by Crippen LogP contribution is -2.36. The summed E-state index contributed by atoms with van der Waals surface area (Å²) in [6.45, 7) is 0. The van der Waals surface area contributed by atoms with Crippen molar-refractivity contribution in [2.24, 2.45) is 11.8 Å². The Morgan fingerprint density at radius 1 is 1.05 bits per heavy atom. The van der Waals surface area contributed by atoms with Gasteiger partial charge in [0.05, 0.1) is 11.8 Å². The molecular weight excluding hydrogens is 246 g/mol. The third-order valence-electron chi connectivity index (χ3n) is 3.55. The van der Waals surface area contributed by atoms with Gasteiger partial charge in [-0.15, -0.1) is 0 Å². The molecule has 0 aromatic heterocycles. The Bertz CT molecular complexity index is 469. The van der Waals surface area contributed by atoms with Gasteiger partial charge in [0.25, 0.3) is 0 Å². The van der Waals surface area contributed by atoms with Crippen LogP contribution in [0.2, 0.25) is 0 Å². The van der Waals surface area contributed by atoms with Crippen LogP contribution in [0.5, 0.6) is 5.75 Å². The van der Waals surface area contributed by atoms with E-state index in [0.29, 0.717) is 18.5 Å². The van der Waals surface area contributed by atoms with E-state index in [1.54, 1.807) is 12.1 Å². The number of benzene rings is 1. The van der Waals surface area contributed by atoms with E-state index >= 15 is 0 Å². The van der Waals surface area contributed by atoms with Crippen LogP contribution in [-0.2, 0) is 9.59 Å². The fraction of sp³-hybridized carbons (Fsp3) is 0.429. The minimum Gasteiger partial charge on any atom is -0.508 e. The highest BCUT2D eigenvalue weighted by Gasteiger charge is 2.35. The Kier molecular flexibility index (Phi) is 4.04. The minimum atomic E-state index is -0.898.